The van der Waals surface area contributed by atoms with Crippen molar-refractivity contribution in [2.24, 2.45) is 5.92 Å². The van der Waals surface area contributed by atoms with E-state index in [2.05, 4.69) is 0 Å². The average Bonchev–Trinajstić information content (AvgIpc) is 2.25. The van der Waals surface area contributed by atoms with Gasteiger partial charge in [0.25, 0.3) is 0 Å². The Morgan fingerprint density at radius 2 is 2.43 bits per heavy atom. The Morgan fingerprint density at radius 3 is 3.07 bits per heavy atom. The van der Waals surface area contributed by atoms with Crippen LogP contribution < -0.4 is 0 Å². The van der Waals surface area contributed by atoms with Gasteiger partial charge in [-0.1, -0.05) is 0 Å². The van der Waals surface area contributed by atoms with Crippen molar-refractivity contribution in [1.82, 2.24) is 0 Å². The van der Waals surface area contributed by atoms with Crippen molar-refractivity contribution in [3.8, 4) is 0 Å². The molecule has 0 spiro atoms. The SMILES string of the molecule is CCOCCCC(=O)C1CCCOC1. The van der Waals surface area contributed by atoms with E-state index >= 15 is 0 Å². The number of ether oxygens (including phenoxy) is 2. The first-order valence-electron chi connectivity index (χ1n) is 5.52. The summed E-state index contributed by atoms with van der Waals surface area (Å²) in [6.07, 6.45) is 3.53. The van der Waals surface area contributed by atoms with Crippen LogP contribution in [0.3, 0.4) is 0 Å². The van der Waals surface area contributed by atoms with Crippen LogP contribution in [-0.4, -0.2) is 32.2 Å². The molecule has 1 atom stereocenters. The number of hydrogen-bond donors (Lipinski definition) is 0. The molecular weight excluding hydrogens is 180 g/mol. The quantitative estimate of drug-likeness (QED) is 0.613. The highest BCUT2D eigenvalue weighted by Crippen LogP contribution is 2.16. The van der Waals surface area contributed by atoms with E-state index in [1.807, 2.05) is 6.92 Å². The largest absolute Gasteiger partial charge is 0.382 e. The Labute approximate surface area is 85.8 Å². The van der Waals surface area contributed by atoms with E-state index in [1.54, 1.807) is 0 Å². The summed E-state index contributed by atoms with van der Waals surface area (Å²) in [5.41, 5.74) is 0. The summed E-state index contributed by atoms with van der Waals surface area (Å²) in [5, 5.41) is 0. The standard InChI is InChI=1S/C11H20O3/c1-2-13-7-4-6-11(12)10-5-3-8-14-9-10/h10H,2-9H2,1H3. The van der Waals surface area contributed by atoms with Crippen molar-refractivity contribution < 1.29 is 14.3 Å². The summed E-state index contributed by atoms with van der Waals surface area (Å²) in [6, 6.07) is 0. The molecule has 1 unspecified atom stereocenters. The number of rotatable bonds is 6. The van der Waals surface area contributed by atoms with Gasteiger partial charge in [0.2, 0.25) is 0 Å². The van der Waals surface area contributed by atoms with Crippen LogP contribution in [0.4, 0.5) is 0 Å². The van der Waals surface area contributed by atoms with Gasteiger partial charge in [-0.15, -0.1) is 0 Å². The van der Waals surface area contributed by atoms with Gasteiger partial charge in [-0.3, -0.25) is 4.79 Å². The normalized spacial score (nSPS) is 22.2. The zero-order valence-corrected chi connectivity index (χ0v) is 8.96. The van der Waals surface area contributed by atoms with E-state index in [-0.39, 0.29) is 5.92 Å². The minimum Gasteiger partial charge on any atom is -0.382 e. The maximum atomic E-state index is 11.6. The highest BCUT2D eigenvalue weighted by molar-refractivity contribution is 5.81. The van der Waals surface area contributed by atoms with Gasteiger partial charge < -0.3 is 9.47 Å². The summed E-state index contributed by atoms with van der Waals surface area (Å²) in [4.78, 5) is 11.6. The molecule has 0 radical (unpaired) electrons. The average molecular weight is 200 g/mol. The lowest BCUT2D eigenvalue weighted by Gasteiger charge is -2.20. The molecule has 0 aromatic heterocycles. The lowest BCUT2D eigenvalue weighted by Crippen LogP contribution is -2.25. The third kappa shape index (κ3) is 4.20. The maximum Gasteiger partial charge on any atom is 0.138 e. The third-order valence-electron chi connectivity index (χ3n) is 2.53. The molecular formula is C11H20O3. The number of carbonyl (C=O) groups excluding carboxylic acids is 1. The lowest BCUT2D eigenvalue weighted by molar-refractivity contribution is -0.127. The highest BCUT2D eigenvalue weighted by atomic mass is 16.5. The molecule has 1 aliphatic heterocycles. The number of hydrogen-bond acceptors (Lipinski definition) is 3. The first-order chi connectivity index (χ1) is 6.84. The Bertz CT molecular complexity index is 162. The van der Waals surface area contributed by atoms with Crippen LogP contribution in [0, 0.1) is 5.92 Å². The summed E-state index contributed by atoms with van der Waals surface area (Å²) in [6.45, 7) is 4.86. The third-order valence-corrected chi connectivity index (χ3v) is 2.53. The van der Waals surface area contributed by atoms with Crippen molar-refractivity contribution in [2.45, 2.75) is 32.6 Å². The van der Waals surface area contributed by atoms with Gasteiger partial charge in [-0.05, 0) is 26.2 Å². The number of carbonyl (C=O) groups is 1. The molecule has 0 amide bonds. The van der Waals surface area contributed by atoms with Gasteiger partial charge in [-0.2, -0.15) is 0 Å². The molecule has 3 heteroatoms. The van der Waals surface area contributed by atoms with E-state index in [0.29, 0.717) is 25.4 Å². The van der Waals surface area contributed by atoms with Gasteiger partial charge in [0.15, 0.2) is 0 Å². The van der Waals surface area contributed by atoms with Crippen LogP contribution in [0.15, 0.2) is 0 Å². The van der Waals surface area contributed by atoms with Crippen molar-refractivity contribution in [2.75, 3.05) is 26.4 Å². The Kier molecular flexibility index (Phi) is 5.80. The molecule has 0 N–H and O–H groups in total. The van der Waals surface area contributed by atoms with Crippen LogP contribution in [0.25, 0.3) is 0 Å². The van der Waals surface area contributed by atoms with Gasteiger partial charge >= 0.3 is 0 Å². The lowest BCUT2D eigenvalue weighted by atomic mass is 9.95. The molecule has 0 aromatic rings. The van der Waals surface area contributed by atoms with Gasteiger partial charge in [0.05, 0.1) is 6.61 Å². The first-order valence-corrected chi connectivity index (χ1v) is 5.52. The minimum atomic E-state index is 0.158. The second-order valence-corrected chi connectivity index (χ2v) is 3.68. The molecule has 0 bridgehead atoms. The van der Waals surface area contributed by atoms with Gasteiger partial charge in [0.1, 0.15) is 5.78 Å². The van der Waals surface area contributed by atoms with Gasteiger partial charge in [-0.25, -0.2) is 0 Å². The first kappa shape index (κ1) is 11.7. The van der Waals surface area contributed by atoms with Crippen LogP contribution in [0.2, 0.25) is 0 Å². The minimum absolute atomic E-state index is 0.158. The number of ketones is 1. The molecule has 0 saturated carbocycles. The topological polar surface area (TPSA) is 35.5 Å². The van der Waals surface area contributed by atoms with E-state index in [0.717, 1.165) is 32.5 Å². The van der Waals surface area contributed by atoms with Crippen LogP contribution in [0.1, 0.15) is 32.6 Å². The fourth-order valence-electron chi connectivity index (χ4n) is 1.69. The Hall–Kier alpha value is -0.410. The summed E-state index contributed by atoms with van der Waals surface area (Å²) >= 11 is 0. The van der Waals surface area contributed by atoms with E-state index < -0.39 is 0 Å². The van der Waals surface area contributed by atoms with Crippen molar-refractivity contribution >= 4 is 5.78 Å². The number of Topliss-reactive ketones (excluding diaryl/α,β-unsaturated/α-hetero) is 1. The molecule has 1 saturated heterocycles. The zero-order chi connectivity index (χ0) is 10.2. The second kappa shape index (κ2) is 6.96. The summed E-state index contributed by atoms with van der Waals surface area (Å²) in [7, 11) is 0. The van der Waals surface area contributed by atoms with E-state index in [4.69, 9.17) is 9.47 Å². The van der Waals surface area contributed by atoms with Gasteiger partial charge in [0, 0.05) is 32.2 Å². The van der Waals surface area contributed by atoms with Crippen LogP contribution in [0.5, 0.6) is 0 Å². The molecule has 1 heterocycles. The molecule has 1 aliphatic rings. The molecule has 82 valence electrons. The predicted molar refractivity (Wildman–Crippen MR) is 54.3 cm³/mol. The second-order valence-electron chi connectivity index (χ2n) is 3.68. The zero-order valence-electron chi connectivity index (χ0n) is 8.96. The maximum absolute atomic E-state index is 11.6. The van der Waals surface area contributed by atoms with Crippen molar-refractivity contribution in [3.05, 3.63) is 0 Å². The Balaban J connectivity index is 2.07. The molecule has 1 fully saturated rings. The molecule has 0 aromatic carbocycles. The summed E-state index contributed by atoms with van der Waals surface area (Å²) in [5.74, 6) is 0.509. The van der Waals surface area contributed by atoms with Crippen LogP contribution >= 0.6 is 0 Å². The highest BCUT2D eigenvalue weighted by Gasteiger charge is 2.20. The molecule has 3 nitrogen and oxygen atoms in total. The molecule has 14 heavy (non-hydrogen) atoms. The summed E-state index contributed by atoms with van der Waals surface area (Å²) < 4.78 is 10.5. The fraction of sp³-hybridized carbons (Fsp3) is 0.909. The van der Waals surface area contributed by atoms with E-state index in [9.17, 15) is 4.79 Å². The Morgan fingerprint density at radius 1 is 1.57 bits per heavy atom. The van der Waals surface area contributed by atoms with Crippen molar-refractivity contribution in [1.29, 1.82) is 0 Å². The van der Waals surface area contributed by atoms with Crippen LogP contribution in [-0.2, 0) is 14.3 Å². The monoisotopic (exact) mass is 200 g/mol. The molecule has 0 aliphatic carbocycles. The van der Waals surface area contributed by atoms with E-state index in [1.165, 1.54) is 0 Å². The smallest absolute Gasteiger partial charge is 0.138 e. The fourth-order valence-corrected chi connectivity index (χ4v) is 1.69. The molecule has 1 rings (SSSR count). The van der Waals surface area contributed by atoms with Crippen molar-refractivity contribution in [3.63, 3.8) is 0 Å². The predicted octanol–water partition coefficient (Wildman–Crippen LogP) is 1.80.